The number of ether oxygens (including phenoxy) is 2. The molecule has 220 valence electrons. The minimum atomic E-state index is -3.98. The highest BCUT2D eigenvalue weighted by molar-refractivity contribution is 7.53. The molecule has 42 heavy (non-hydrogen) atoms. The maximum Gasteiger partial charge on any atom is 0.519 e. The van der Waals surface area contributed by atoms with Gasteiger partial charge in [0.05, 0.1) is 26.7 Å². The number of aromatic amines is 1. The minimum Gasteiger partial charge on any atom is -0.494 e. The molecule has 0 aliphatic rings. The van der Waals surface area contributed by atoms with Crippen LogP contribution in [0.3, 0.4) is 0 Å². The van der Waals surface area contributed by atoms with Gasteiger partial charge in [-0.05, 0) is 23.8 Å². The SMILES string of the molecule is COc1ccc(-c2oc(=O)oc2COP(=O)(COCCn2cnc3c(=O)[nH]c(N)nc32)OCc2ccccc2)cc1F. The summed E-state index contributed by atoms with van der Waals surface area (Å²) in [6.07, 6.45) is 0.930. The first kappa shape index (κ1) is 29.0. The number of nitrogens with one attached hydrogen (secondary N) is 1. The third kappa shape index (κ3) is 6.66. The Morgan fingerprint density at radius 2 is 1.88 bits per heavy atom. The van der Waals surface area contributed by atoms with Gasteiger partial charge in [-0.2, -0.15) is 4.98 Å². The second-order valence-electron chi connectivity index (χ2n) is 8.80. The number of benzene rings is 2. The molecule has 3 N–H and O–H groups in total. The van der Waals surface area contributed by atoms with Gasteiger partial charge < -0.3 is 33.1 Å². The largest absolute Gasteiger partial charge is 0.519 e. The van der Waals surface area contributed by atoms with E-state index in [1.165, 1.54) is 25.6 Å². The number of methoxy groups -OCH3 is 1. The number of H-pyrrole nitrogens is 1. The predicted molar refractivity (Wildman–Crippen MR) is 146 cm³/mol. The number of anilines is 1. The van der Waals surface area contributed by atoms with Crippen LogP contribution in [0, 0.1) is 5.82 Å². The number of fused-ring (bicyclic) bond motifs is 1. The van der Waals surface area contributed by atoms with Crippen molar-refractivity contribution in [1.29, 1.82) is 0 Å². The first-order valence-electron chi connectivity index (χ1n) is 12.4. The highest BCUT2D eigenvalue weighted by Crippen LogP contribution is 2.50. The van der Waals surface area contributed by atoms with Crippen molar-refractivity contribution in [1.82, 2.24) is 19.5 Å². The third-order valence-electron chi connectivity index (χ3n) is 5.94. The van der Waals surface area contributed by atoms with Crippen LogP contribution in [0.25, 0.3) is 22.5 Å². The Balaban J connectivity index is 1.29. The van der Waals surface area contributed by atoms with E-state index in [1.807, 2.05) is 6.07 Å². The first-order valence-corrected chi connectivity index (χ1v) is 14.1. The van der Waals surface area contributed by atoms with Gasteiger partial charge in [0.1, 0.15) is 13.0 Å². The van der Waals surface area contributed by atoms with Crippen molar-refractivity contribution in [3.8, 4) is 17.1 Å². The number of hydrogen-bond donors (Lipinski definition) is 2. The molecule has 3 aromatic heterocycles. The van der Waals surface area contributed by atoms with Gasteiger partial charge in [-0.3, -0.25) is 18.9 Å². The maximum atomic E-state index is 14.3. The molecular formula is C26H25FN5O9P. The zero-order valence-electron chi connectivity index (χ0n) is 22.2. The lowest BCUT2D eigenvalue weighted by atomic mass is 10.1. The minimum absolute atomic E-state index is 0.00639. The number of nitrogen functional groups attached to an aromatic ring is 1. The molecule has 0 fully saturated rings. The molecule has 0 saturated heterocycles. The number of nitrogens with zero attached hydrogens (tertiary/aromatic N) is 3. The summed E-state index contributed by atoms with van der Waals surface area (Å²) in [6.45, 7) is -0.373. The second-order valence-corrected chi connectivity index (χ2v) is 10.8. The number of aromatic nitrogens is 4. The molecule has 1 unspecified atom stereocenters. The summed E-state index contributed by atoms with van der Waals surface area (Å²) in [5.74, 6) is -2.06. The monoisotopic (exact) mass is 601 g/mol. The van der Waals surface area contributed by atoms with E-state index in [0.29, 0.717) is 0 Å². The summed E-state index contributed by atoms with van der Waals surface area (Å²) in [4.78, 5) is 34.4. The highest BCUT2D eigenvalue weighted by Gasteiger charge is 2.28. The van der Waals surface area contributed by atoms with Crippen LogP contribution in [0.4, 0.5) is 10.3 Å². The van der Waals surface area contributed by atoms with Gasteiger partial charge in [0, 0.05) is 12.1 Å². The molecule has 0 spiro atoms. The average molecular weight is 601 g/mol. The van der Waals surface area contributed by atoms with Crippen LogP contribution in [0.2, 0.25) is 0 Å². The summed E-state index contributed by atoms with van der Waals surface area (Å²) in [6, 6.07) is 12.9. The summed E-state index contributed by atoms with van der Waals surface area (Å²) in [5, 5.41) is 0. The Morgan fingerprint density at radius 3 is 2.64 bits per heavy atom. The fourth-order valence-corrected chi connectivity index (χ4v) is 5.16. The van der Waals surface area contributed by atoms with Crippen LogP contribution >= 0.6 is 7.60 Å². The molecule has 2 aromatic carbocycles. The molecule has 3 heterocycles. The maximum absolute atomic E-state index is 14.3. The quantitative estimate of drug-likeness (QED) is 0.147. The van der Waals surface area contributed by atoms with Crippen molar-refractivity contribution in [3.05, 3.63) is 93.0 Å². The number of imidazole rings is 1. The molecule has 5 aromatic rings. The first-order chi connectivity index (χ1) is 20.2. The van der Waals surface area contributed by atoms with Crippen LogP contribution in [-0.2, 0) is 38.1 Å². The normalized spacial score (nSPS) is 12.9. The van der Waals surface area contributed by atoms with Crippen molar-refractivity contribution >= 4 is 24.7 Å². The number of halogens is 1. The molecule has 0 saturated carbocycles. The predicted octanol–water partition coefficient (Wildman–Crippen LogP) is 3.66. The van der Waals surface area contributed by atoms with Gasteiger partial charge >= 0.3 is 13.4 Å². The smallest absolute Gasteiger partial charge is 0.494 e. The zero-order chi connectivity index (χ0) is 29.7. The Labute approximate surface area is 236 Å². The second kappa shape index (κ2) is 12.5. The molecule has 0 bridgehead atoms. The number of nitrogens with two attached hydrogens (primary N) is 1. The molecule has 5 rings (SSSR count). The van der Waals surface area contributed by atoms with E-state index in [-0.39, 0.29) is 59.7 Å². The standard InChI is InChI=1S/C26H25FN5O9P/c1-36-19-8-7-17(11-18(19)27)22-20(40-26(34)41-22)13-39-42(35,38-12-16-5-3-2-4-6-16)15-37-10-9-32-14-29-21-23(32)30-25(28)31-24(21)33/h2-8,11,14H,9-10,12-13,15H2,1H3,(H3,28,30,31,33). The van der Waals surface area contributed by atoms with Gasteiger partial charge in [-0.1, -0.05) is 30.3 Å². The van der Waals surface area contributed by atoms with E-state index in [4.69, 9.17) is 33.1 Å². The van der Waals surface area contributed by atoms with Crippen molar-refractivity contribution in [2.45, 2.75) is 19.8 Å². The summed E-state index contributed by atoms with van der Waals surface area (Å²) in [7, 11) is -2.67. The lowest BCUT2D eigenvalue weighted by molar-refractivity contribution is 0.114. The van der Waals surface area contributed by atoms with Crippen LogP contribution in [0.1, 0.15) is 11.3 Å². The molecule has 14 nitrogen and oxygen atoms in total. The van der Waals surface area contributed by atoms with Crippen molar-refractivity contribution in [3.63, 3.8) is 0 Å². The van der Waals surface area contributed by atoms with Gasteiger partial charge in [0.25, 0.3) is 5.56 Å². The zero-order valence-corrected chi connectivity index (χ0v) is 23.0. The molecule has 0 radical (unpaired) electrons. The lowest BCUT2D eigenvalue weighted by Gasteiger charge is -2.18. The summed E-state index contributed by atoms with van der Waals surface area (Å²) >= 11 is 0. The van der Waals surface area contributed by atoms with Crippen LogP contribution < -0.4 is 21.9 Å². The number of rotatable bonds is 13. The average Bonchev–Trinajstić information content (AvgIpc) is 3.57. The van der Waals surface area contributed by atoms with Crippen LogP contribution in [-0.4, -0.2) is 39.6 Å². The van der Waals surface area contributed by atoms with E-state index >= 15 is 0 Å². The molecule has 0 aliphatic heterocycles. The Morgan fingerprint density at radius 1 is 1.10 bits per heavy atom. The highest BCUT2D eigenvalue weighted by atomic mass is 31.2. The lowest BCUT2D eigenvalue weighted by Crippen LogP contribution is -2.13. The van der Waals surface area contributed by atoms with E-state index in [1.54, 1.807) is 28.8 Å². The third-order valence-corrected chi connectivity index (χ3v) is 7.49. The van der Waals surface area contributed by atoms with Gasteiger partial charge in [0.2, 0.25) is 5.95 Å². The molecular weight excluding hydrogens is 576 g/mol. The number of hydrogen-bond acceptors (Lipinski definition) is 12. The fraction of sp³-hybridized carbons (Fsp3) is 0.231. The Kier molecular flexibility index (Phi) is 8.64. The molecule has 0 aliphatic carbocycles. The summed E-state index contributed by atoms with van der Waals surface area (Å²) in [5.41, 5.74) is 6.42. The van der Waals surface area contributed by atoms with Crippen LogP contribution in [0.5, 0.6) is 5.75 Å². The summed E-state index contributed by atoms with van der Waals surface area (Å²) < 4.78 is 61.6. The fourth-order valence-electron chi connectivity index (χ4n) is 3.92. The Hall–Kier alpha value is -4.56. The van der Waals surface area contributed by atoms with Crippen molar-refractivity contribution in [2.24, 2.45) is 0 Å². The molecule has 0 amide bonds. The van der Waals surface area contributed by atoms with E-state index in [0.717, 1.165) is 11.6 Å². The van der Waals surface area contributed by atoms with E-state index < -0.39 is 37.7 Å². The van der Waals surface area contributed by atoms with Gasteiger partial charge in [-0.15, -0.1) is 0 Å². The van der Waals surface area contributed by atoms with E-state index in [2.05, 4.69) is 15.0 Å². The van der Waals surface area contributed by atoms with Gasteiger partial charge in [0.15, 0.2) is 34.3 Å². The molecule has 1 atom stereocenters. The van der Waals surface area contributed by atoms with Gasteiger partial charge in [-0.25, -0.2) is 14.2 Å². The topological polar surface area (TPSA) is 187 Å². The Bertz CT molecular complexity index is 1850. The van der Waals surface area contributed by atoms with Crippen molar-refractivity contribution < 1.29 is 36.3 Å². The van der Waals surface area contributed by atoms with E-state index in [9.17, 15) is 18.5 Å². The molecule has 16 heteroatoms. The van der Waals surface area contributed by atoms with Crippen molar-refractivity contribution in [2.75, 3.05) is 25.8 Å². The van der Waals surface area contributed by atoms with Crippen LogP contribution in [0.15, 0.2) is 73.3 Å².